The normalized spacial score (nSPS) is 9.79. The second-order valence-electron chi connectivity index (χ2n) is 4.49. The standard InChI is InChI=1S/C16H21NO2/c1-5-7-17(8-6-2)16(18)12-19-15-10-13(3)9-14(4)11-15/h5-6,9-11H,1-2,7-8,12H2,3-4H3. The Labute approximate surface area is 115 Å². The van der Waals surface area contributed by atoms with Gasteiger partial charge < -0.3 is 9.64 Å². The number of rotatable bonds is 7. The van der Waals surface area contributed by atoms with Gasteiger partial charge in [0.2, 0.25) is 0 Å². The van der Waals surface area contributed by atoms with E-state index in [-0.39, 0.29) is 12.5 Å². The predicted molar refractivity (Wildman–Crippen MR) is 78.4 cm³/mol. The number of hydrogen-bond donors (Lipinski definition) is 0. The minimum absolute atomic E-state index is 0.0323. The van der Waals surface area contributed by atoms with Crippen LogP contribution in [0.5, 0.6) is 5.75 Å². The average molecular weight is 259 g/mol. The van der Waals surface area contributed by atoms with Crippen molar-refractivity contribution >= 4 is 5.91 Å². The molecular weight excluding hydrogens is 238 g/mol. The highest BCUT2D eigenvalue weighted by Gasteiger charge is 2.11. The molecule has 0 spiro atoms. The molecule has 0 unspecified atom stereocenters. The smallest absolute Gasteiger partial charge is 0.261 e. The van der Waals surface area contributed by atoms with Crippen molar-refractivity contribution in [3.8, 4) is 5.75 Å². The Morgan fingerprint density at radius 1 is 1.16 bits per heavy atom. The van der Waals surface area contributed by atoms with Crippen LogP contribution in [0.25, 0.3) is 0 Å². The molecule has 102 valence electrons. The Bertz CT molecular complexity index is 436. The fraction of sp³-hybridized carbons (Fsp3) is 0.312. The molecule has 0 aliphatic rings. The average Bonchev–Trinajstić information content (AvgIpc) is 2.34. The minimum atomic E-state index is -0.0704. The first kappa shape index (κ1) is 15.0. The number of aryl methyl sites for hydroxylation is 2. The number of ether oxygens (including phenoxy) is 1. The number of carbonyl (C=O) groups is 1. The van der Waals surface area contributed by atoms with Gasteiger partial charge >= 0.3 is 0 Å². The van der Waals surface area contributed by atoms with E-state index in [4.69, 9.17) is 4.74 Å². The number of benzene rings is 1. The fourth-order valence-corrected chi connectivity index (χ4v) is 1.84. The van der Waals surface area contributed by atoms with Gasteiger partial charge in [-0.15, -0.1) is 13.2 Å². The Hall–Kier alpha value is -2.03. The molecule has 0 atom stereocenters. The van der Waals surface area contributed by atoms with E-state index in [0.29, 0.717) is 13.1 Å². The highest BCUT2D eigenvalue weighted by atomic mass is 16.5. The lowest BCUT2D eigenvalue weighted by atomic mass is 10.1. The minimum Gasteiger partial charge on any atom is -0.484 e. The van der Waals surface area contributed by atoms with Gasteiger partial charge in [0.05, 0.1) is 0 Å². The maximum absolute atomic E-state index is 12.0. The van der Waals surface area contributed by atoms with E-state index in [0.717, 1.165) is 16.9 Å². The summed E-state index contributed by atoms with van der Waals surface area (Å²) in [7, 11) is 0. The van der Waals surface area contributed by atoms with Crippen LogP contribution in [0, 0.1) is 13.8 Å². The number of hydrogen-bond acceptors (Lipinski definition) is 2. The number of amides is 1. The van der Waals surface area contributed by atoms with Gasteiger partial charge in [0.15, 0.2) is 6.61 Å². The van der Waals surface area contributed by atoms with E-state index in [9.17, 15) is 4.79 Å². The van der Waals surface area contributed by atoms with Crippen LogP contribution in [0.15, 0.2) is 43.5 Å². The molecule has 1 amide bonds. The summed E-state index contributed by atoms with van der Waals surface area (Å²) in [5, 5.41) is 0. The van der Waals surface area contributed by atoms with E-state index >= 15 is 0 Å². The van der Waals surface area contributed by atoms with Crippen LogP contribution in [-0.4, -0.2) is 30.5 Å². The SMILES string of the molecule is C=CCN(CC=C)C(=O)COc1cc(C)cc(C)c1. The molecule has 19 heavy (non-hydrogen) atoms. The molecule has 0 heterocycles. The van der Waals surface area contributed by atoms with Crippen LogP contribution < -0.4 is 4.74 Å². The van der Waals surface area contributed by atoms with Gasteiger partial charge in [-0.05, 0) is 37.1 Å². The largest absolute Gasteiger partial charge is 0.484 e. The summed E-state index contributed by atoms with van der Waals surface area (Å²) in [6.07, 6.45) is 3.39. The topological polar surface area (TPSA) is 29.5 Å². The maximum Gasteiger partial charge on any atom is 0.261 e. The number of carbonyl (C=O) groups excluding carboxylic acids is 1. The zero-order valence-corrected chi connectivity index (χ0v) is 11.7. The Kier molecular flexibility index (Phi) is 5.86. The zero-order chi connectivity index (χ0) is 14.3. The van der Waals surface area contributed by atoms with Gasteiger partial charge in [-0.3, -0.25) is 4.79 Å². The fourth-order valence-electron chi connectivity index (χ4n) is 1.84. The van der Waals surface area contributed by atoms with Gasteiger partial charge in [0, 0.05) is 13.1 Å². The lowest BCUT2D eigenvalue weighted by Gasteiger charge is -2.19. The highest BCUT2D eigenvalue weighted by Crippen LogP contribution is 2.16. The summed E-state index contributed by atoms with van der Waals surface area (Å²) in [6.45, 7) is 12.3. The van der Waals surface area contributed by atoms with Crippen LogP contribution in [0.3, 0.4) is 0 Å². The lowest BCUT2D eigenvalue weighted by molar-refractivity contribution is -0.132. The monoisotopic (exact) mass is 259 g/mol. The van der Waals surface area contributed by atoms with Gasteiger partial charge in [0.1, 0.15) is 5.75 Å². The van der Waals surface area contributed by atoms with Crippen molar-refractivity contribution in [1.82, 2.24) is 4.90 Å². The molecule has 0 aromatic heterocycles. The first-order valence-corrected chi connectivity index (χ1v) is 6.27. The van der Waals surface area contributed by atoms with E-state index in [1.165, 1.54) is 0 Å². The Morgan fingerprint density at radius 2 is 1.68 bits per heavy atom. The molecule has 0 saturated heterocycles. The van der Waals surface area contributed by atoms with E-state index in [2.05, 4.69) is 19.2 Å². The van der Waals surface area contributed by atoms with Crippen LogP contribution in [0.1, 0.15) is 11.1 Å². The molecule has 1 aromatic rings. The number of nitrogens with zero attached hydrogens (tertiary/aromatic N) is 1. The summed E-state index contributed by atoms with van der Waals surface area (Å²) in [5.74, 6) is 0.655. The summed E-state index contributed by atoms with van der Waals surface area (Å²) < 4.78 is 5.54. The molecule has 0 aliphatic carbocycles. The molecule has 0 aliphatic heterocycles. The summed E-state index contributed by atoms with van der Waals surface area (Å²) in [4.78, 5) is 13.6. The summed E-state index contributed by atoms with van der Waals surface area (Å²) in [5.41, 5.74) is 2.24. The van der Waals surface area contributed by atoms with Crippen LogP contribution in [0.4, 0.5) is 0 Å². The Morgan fingerprint density at radius 3 is 2.16 bits per heavy atom. The van der Waals surface area contributed by atoms with Crippen molar-refractivity contribution in [3.63, 3.8) is 0 Å². The van der Waals surface area contributed by atoms with E-state index in [1.807, 2.05) is 26.0 Å². The Balaban J connectivity index is 2.61. The van der Waals surface area contributed by atoms with Gasteiger partial charge in [-0.2, -0.15) is 0 Å². The lowest BCUT2D eigenvalue weighted by Crippen LogP contribution is -2.35. The van der Waals surface area contributed by atoms with Crippen molar-refractivity contribution in [2.24, 2.45) is 0 Å². The molecule has 3 heteroatoms. The second kappa shape index (κ2) is 7.41. The molecule has 0 fully saturated rings. The molecule has 0 saturated carbocycles. The van der Waals surface area contributed by atoms with Gasteiger partial charge in [0.25, 0.3) is 5.91 Å². The van der Waals surface area contributed by atoms with E-state index < -0.39 is 0 Å². The van der Waals surface area contributed by atoms with Crippen LogP contribution >= 0.6 is 0 Å². The van der Waals surface area contributed by atoms with Crippen molar-refractivity contribution in [2.75, 3.05) is 19.7 Å². The van der Waals surface area contributed by atoms with Gasteiger partial charge in [-0.25, -0.2) is 0 Å². The molecule has 1 rings (SSSR count). The molecule has 0 radical (unpaired) electrons. The van der Waals surface area contributed by atoms with E-state index in [1.54, 1.807) is 17.1 Å². The molecule has 0 N–H and O–H groups in total. The summed E-state index contributed by atoms with van der Waals surface area (Å²) >= 11 is 0. The molecular formula is C16H21NO2. The second-order valence-corrected chi connectivity index (χ2v) is 4.49. The first-order chi connectivity index (χ1) is 9.06. The molecule has 1 aromatic carbocycles. The zero-order valence-electron chi connectivity index (χ0n) is 11.7. The third kappa shape index (κ3) is 5.00. The third-order valence-corrected chi connectivity index (χ3v) is 2.61. The highest BCUT2D eigenvalue weighted by molar-refractivity contribution is 5.78. The van der Waals surface area contributed by atoms with Crippen molar-refractivity contribution in [3.05, 3.63) is 54.6 Å². The maximum atomic E-state index is 12.0. The molecule has 3 nitrogen and oxygen atoms in total. The predicted octanol–water partition coefficient (Wildman–Crippen LogP) is 2.88. The quantitative estimate of drug-likeness (QED) is 0.705. The first-order valence-electron chi connectivity index (χ1n) is 6.27. The molecule has 0 bridgehead atoms. The van der Waals surface area contributed by atoms with Crippen LogP contribution in [-0.2, 0) is 4.79 Å². The van der Waals surface area contributed by atoms with Crippen molar-refractivity contribution in [1.29, 1.82) is 0 Å². The van der Waals surface area contributed by atoms with Crippen LogP contribution in [0.2, 0.25) is 0 Å². The van der Waals surface area contributed by atoms with Gasteiger partial charge in [-0.1, -0.05) is 18.2 Å². The third-order valence-electron chi connectivity index (χ3n) is 2.61. The van der Waals surface area contributed by atoms with Crippen molar-refractivity contribution in [2.45, 2.75) is 13.8 Å². The van der Waals surface area contributed by atoms with Crippen molar-refractivity contribution < 1.29 is 9.53 Å². The summed E-state index contributed by atoms with van der Waals surface area (Å²) in [6, 6.07) is 5.91.